The van der Waals surface area contributed by atoms with Crippen LogP contribution in [0.4, 0.5) is 0 Å². The molecule has 0 bridgehead atoms. The van der Waals surface area contributed by atoms with E-state index in [9.17, 15) is 24.3 Å². The smallest absolute Gasteiger partial charge is 0.326 e. The van der Waals surface area contributed by atoms with Crippen LogP contribution in [0.25, 0.3) is 0 Å². The van der Waals surface area contributed by atoms with Crippen molar-refractivity contribution < 1.29 is 24.3 Å². The van der Waals surface area contributed by atoms with E-state index in [0.717, 1.165) is 0 Å². The quantitative estimate of drug-likeness (QED) is 0.307. The fourth-order valence-electron chi connectivity index (χ4n) is 3.91. The van der Waals surface area contributed by atoms with Crippen LogP contribution in [0, 0.1) is 11.8 Å². The van der Waals surface area contributed by atoms with Gasteiger partial charge in [-0.15, -0.1) is 0 Å². The highest BCUT2D eigenvalue weighted by Gasteiger charge is 2.40. The number of H-pyrrole nitrogens is 1. The van der Waals surface area contributed by atoms with Crippen molar-refractivity contribution >= 4 is 23.7 Å². The molecule has 0 radical (unpaired) electrons. The Labute approximate surface area is 193 Å². The van der Waals surface area contributed by atoms with E-state index in [1.54, 1.807) is 20.0 Å². The molecule has 1 aromatic rings. The highest BCUT2D eigenvalue weighted by atomic mass is 16.4. The van der Waals surface area contributed by atoms with Gasteiger partial charge in [0.25, 0.3) is 0 Å². The summed E-state index contributed by atoms with van der Waals surface area (Å²) in [6.07, 6.45) is 5.00. The maximum absolute atomic E-state index is 13.4. The third-order valence-corrected chi connectivity index (χ3v) is 6.18. The number of nitrogens with one attached hydrogen (secondary N) is 3. The van der Waals surface area contributed by atoms with Crippen LogP contribution in [-0.2, 0) is 25.6 Å². The van der Waals surface area contributed by atoms with Gasteiger partial charge in [0.05, 0.1) is 12.4 Å². The number of hydrogen-bond donors (Lipinski definition) is 5. The van der Waals surface area contributed by atoms with Gasteiger partial charge in [-0.05, 0) is 24.7 Å². The zero-order valence-corrected chi connectivity index (χ0v) is 19.7. The van der Waals surface area contributed by atoms with Crippen LogP contribution in [0.15, 0.2) is 12.5 Å². The van der Waals surface area contributed by atoms with E-state index in [1.807, 2.05) is 13.8 Å². The number of likely N-dealkylation sites (tertiary alicyclic amines) is 1. The molecule has 184 valence electrons. The molecule has 3 amide bonds. The number of aromatic amines is 1. The Balaban J connectivity index is 2.12. The molecule has 1 fully saturated rings. The number of aliphatic carboxylic acids is 1. The number of nitrogens with zero attached hydrogens (tertiary/aromatic N) is 2. The summed E-state index contributed by atoms with van der Waals surface area (Å²) in [5.41, 5.74) is 6.74. The molecule has 1 aliphatic rings. The minimum absolute atomic E-state index is 0.187. The molecule has 6 N–H and O–H groups in total. The van der Waals surface area contributed by atoms with Gasteiger partial charge in [-0.1, -0.05) is 34.1 Å². The molecule has 2 heterocycles. The lowest BCUT2D eigenvalue weighted by Gasteiger charge is -2.32. The molecule has 11 nitrogen and oxygen atoms in total. The first-order valence-corrected chi connectivity index (χ1v) is 11.4. The molecular weight excluding hydrogens is 428 g/mol. The maximum Gasteiger partial charge on any atom is 0.326 e. The summed E-state index contributed by atoms with van der Waals surface area (Å²) in [6.45, 7) is 7.54. The fourth-order valence-corrected chi connectivity index (χ4v) is 3.91. The monoisotopic (exact) mass is 464 g/mol. The van der Waals surface area contributed by atoms with Crippen molar-refractivity contribution in [1.29, 1.82) is 0 Å². The van der Waals surface area contributed by atoms with Gasteiger partial charge in [-0.25, -0.2) is 9.78 Å². The summed E-state index contributed by atoms with van der Waals surface area (Å²) in [7, 11) is 0. The largest absolute Gasteiger partial charge is 0.480 e. The van der Waals surface area contributed by atoms with Crippen molar-refractivity contribution in [2.45, 2.75) is 77.5 Å². The minimum atomic E-state index is -1.12. The zero-order valence-electron chi connectivity index (χ0n) is 19.7. The number of carboxylic acid groups (broad SMARTS) is 1. The van der Waals surface area contributed by atoms with E-state index in [-0.39, 0.29) is 24.2 Å². The third-order valence-electron chi connectivity index (χ3n) is 6.18. The van der Waals surface area contributed by atoms with Gasteiger partial charge in [-0.3, -0.25) is 14.4 Å². The Morgan fingerprint density at radius 2 is 1.94 bits per heavy atom. The second kappa shape index (κ2) is 11.8. The van der Waals surface area contributed by atoms with E-state index < -0.39 is 42.0 Å². The summed E-state index contributed by atoms with van der Waals surface area (Å²) in [4.78, 5) is 58.8. The van der Waals surface area contributed by atoms with Gasteiger partial charge in [0.15, 0.2) is 0 Å². The maximum atomic E-state index is 13.4. The van der Waals surface area contributed by atoms with Crippen molar-refractivity contribution in [3.05, 3.63) is 18.2 Å². The lowest BCUT2D eigenvalue weighted by atomic mass is 9.96. The number of carbonyl (C=O) groups is 4. The van der Waals surface area contributed by atoms with E-state index in [4.69, 9.17) is 5.73 Å². The lowest BCUT2D eigenvalue weighted by Crippen LogP contribution is -2.58. The zero-order chi connectivity index (χ0) is 24.7. The van der Waals surface area contributed by atoms with Crippen molar-refractivity contribution in [3.63, 3.8) is 0 Å². The van der Waals surface area contributed by atoms with Crippen LogP contribution in [0.3, 0.4) is 0 Å². The van der Waals surface area contributed by atoms with Crippen molar-refractivity contribution in [3.8, 4) is 0 Å². The number of nitrogens with two attached hydrogens (primary N) is 1. The normalized spacial score (nSPS) is 19.6. The molecular formula is C22H36N6O5. The van der Waals surface area contributed by atoms with Gasteiger partial charge in [0, 0.05) is 24.9 Å². The Morgan fingerprint density at radius 1 is 1.24 bits per heavy atom. The first kappa shape index (κ1) is 26.3. The van der Waals surface area contributed by atoms with Crippen LogP contribution in [0.5, 0.6) is 0 Å². The molecule has 5 atom stereocenters. The van der Waals surface area contributed by atoms with Gasteiger partial charge in [0.2, 0.25) is 17.7 Å². The third kappa shape index (κ3) is 6.77. The molecule has 1 saturated heterocycles. The van der Waals surface area contributed by atoms with Gasteiger partial charge in [-0.2, -0.15) is 0 Å². The first-order valence-electron chi connectivity index (χ1n) is 11.4. The summed E-state index contributed by atoms with van der Waals surface area (Å²) in [5, 5.41) is 14.7. The highest BCUT2D eigenvalue weighted by Crippen LogP contribution is 2.22. The van der Waals surface area contributed by atoms with Crippen LogP contribution < -0.4 is 16.4 Å². The molecule has 0 saturated carbocycles. The Bertz CT molecular complexity index is 827. The van der Waals surface area contributed by atoms with Crippen molar-refractivity contribution in [2.24, 2.45) is 17.6 Å². The molecule has 0 aliphatic carbocycles. The number of amides is 3. The van der Waals surface area contributed by atoms with Gasteiger partial charge in [0.1, 0.15) is 18.1 Å². The Hall–Kier alpha value is -2.95. The van der Waals surface area contributed by atoms with E-state index >= 15 is 0 Å². The van der Waals surface area contributed by atoms with Gasteiger partial charge < -0.3 is 31.4 Å². The van der Waals surface area contributed by atoms with Crippen LogP contribution in [-0.4, -0.2) is 74.4 Å². The summed E-state index contributed by atoms with van der Waals surface area (Å²) in [5.74, 6) is -2.93. The van der Waals surface area contributed by atoms with Crippen LogP contribution >= 0.6 is 0 Å². The first-order chi connectivity index (χ1) is 15.6. The van der Waals surface area contributed by atoms with Crippen molar-refractivity contribution in [2.75, 3.05) is 6.54 Å². The number of hydrogen-bond acceptors (Lipinski definition) is 6. The average molecular weight is 465 g/mol. The number of rotatable bonds is 11. The summed E-state index contributed by atoms with van der Waals surface area (Å²) in [6, 6.07) is -3.53. The summed E-state index contributed by atoms with van der Waals surface area (Å²) >= 11 is 0. The summed E-state index contributed by atoms with van der Waals surface area (Å²) < 4.78 is 0. The minimum Gasteiger partial charge on any atom is -0.480 e. The SMILES string of the molecule is CCC(C)C(NC(=O)C(N)Cc1cnc[nH]1)C(=O)N1CCCC1C(=O)NC(C(=O)O)C(C)C. The number of imidazole rings is 1. The average Bonchev–Trinajstić information content (AvgIpc) is 3.46. The van der Waals surface area contributed by atoms with E-state index in [2.05, 4.69) is 20.6 Å². The molecule has 5 unspecified atom stereocenters. The Kier molecular flexibility index (Phi) is 9.39. The fraction of sp³-hybridized carbons (Fsp3) is 0.682. The van der Waals surface area contributed by atoms with Crippen LogP contribution in [0.2, 0.25) is 0 Å². The number of carbonyl (C=O) groups excluding carboxylic acids is 3. The molecule has 0 aromatic carbocycles. The standard InChI is InChI=1S/C22H36N6O5/c1-5-13(4)18(27-19(29)15(23)9-14-10-24-11-25-14)21(31)28-8-6-7-16(28)20(30)26-17(12(2)3)22(32)33/h10-13,15-18H,5-9,23H2,1-4H3,(H,24,25)(H,26,30)(H,27,29)(H,32,33). The van der Waals surface area contributed by atoms with E-state index in [1.165, 1.54) is 11.2 Å². The molecule has 1 aromatic heterocycles. The van der Waals surface area contributed by atoms with Crippen molar-refractivity contribution in [1.82, 2.24) is 25.5 Å². The predicted molar refractivity (Wildman–Crippen MR) is 121 cm³/mol. The topological polar surface area (TPSA) is 171 Å². The molecule has 0 spiro atoms. The molecule has 33 heavy (non-hydrogen) atoms. The predicted octanol–water partition coefficient (Wildman–Crippen LogP) is 0.0268. The highest BCUT2D eigenvalue weighted by molar-refractivity contribution is 5.94. The van der Waals surface area contributed by atoms with Gasteiger partial charge >= 0.3 is 5.97 Å². The molecule has 1 aliphatic heterocycles. The second-order valence-electron chi connectivity index (χ2n) is 9.02. The molecule has 11 heteroatoms. The molecule has 2 rings (SSSR count). The Morgan fingerprint density at radius 3 is 2.48 bits per heavy atom. The van der Waals surface area contributed by atoms with Crippen LogP contribution in [0.1, 0.15) is 52.7 Å². The van der Waals surface area contributed by atoms with E-state index in [0.29, 0.717) is 31.5 Å². The lowest BCUT2D eigenvalue weighted by molar-refractivity contribution is -0.146. The number of aromatic nitrogens is 2. The second-order valence-corrected chi connectivity index (χ2v) is 9.02. The number of carboxylic acids is 1.